The summed E-state index contributed by atoms with van der Waals surface area (Å²) in [7, 11) is 0. The van der Waals surface area contributed by atoms with Crippen LogP contribution in [0.1, 0.15) is 23.4 Å². The van der Waals surface area contributed by atoms with Crippen LogP contribution >= 0.6 is 0 Å². The van der Waals surface area contributed by atoms with Crippen LogP contribution in [0.5, 0.6) is 0 Å². The van der Waals surface area contributed by atoms with E-state index in [0.29, 0.717) is 0 Å². The van der Waals surface area contributed by atoms with Crippen LogP contribution in [0.3, 0.4) is 0 Å². The Hall–Kier alpha value is -2.61. The Kier molecular flexibility index (Phi) is 3.62. The second-order valence-corrected chi connectivity index (χ2v) is 2.90. The first kappa shape index (κ1) is 12.5. The minimum absolute atomic E-state index is 0.0360. The molecule has 0 spiro atoms. The molecule has 0 unspecified atom stereocenters. The highest BCUT2D eigenvalue weighted by molar-refractivity contribution is 5.46. The lowest BCUT2D eigenvalue weighted by Gasteiger charge is -2.04. The van der Waals surface area contributed by atoms with Crippen LogP contribution in [0.25, 0.3) is 0 Å². The van der Waals surface area contributed by atoms with Gasteiger partial charge >= 0.3 is 0 Å². The van der Waals surface area contributed by atoms with E-state index in [9.17, 15) is 18.9 Å². The molecule has 86 valence electrons. The largest absolute Gasteiger partial charge is 0.297 e. The molecule has 1 aromatic heterocycles. The maximum Gasteiger partial charge on any atom is 0.297 e. The van der Waals surface area contributed by atoms with Crippen molar-refractivity contribution in [2.45, 2.75) is 12.8 Å². The number of nitro groups is 1. The van der Waals surface area contributed by atoms with E-state index >= 15 is 0 Å². The minimum Gasteiger partial charge on any atom is -0.258 e. The third kappa shape index (κ3) is 2.49. The number of alkyl halides is 2. The second kappa shape index (κ2) is 4.94. The van der Waals surface area contributed by atoms with E-state index in [1.54, 1.807) is 6.07 Å². The van der Waals surface area contributed by atoms with Crippen molar-refractivity contribution in [2.24, 2.45) is 0 Å². The van der Waals surface area contributed by atoms with E-state index in [0.717, 1.165) is 6.07 Å². The van der Waals surface area contributed by atoms with Gasteiger partial charge in [-0.1, -0.05) is 0 Å². The van der Waals surface area contributed by atoms with E-state index < -0.39 is 28.4 Å². The molecule has 1 rings (SSSR count). The third-order valence-corrected chi connectivity index (χ3v) is 1.89. The zero-order chi connectivity index (χ0) is 13.0. The van der Waals surface area contributed by atoms with Crippen LogP contribution in [-0.4, -0.2) is 9.91 Å². The molecule has 6 nitrogen and oxygen atoms in total. The molecule has 1 heterocycles. The zero-order valence-corrected chi connectivity index (χ0v) is 8.22. The van der Waals surface area contributed by atoms with Crippen molar-refractivity contribution < 1.29 is 13.7 Å². The molecular weight excluding hydrogens is 234 g/mol. The van der Waals surface area contributed by atoms with Crippen molar-refractivity contribution in [2.75, 3.05) is 0 Å². The quantitative estimate of drug-likeness (QED) is 0.590. The van der Waals surface area contributed by atoms with Gasteiger partial charge in [-0.25, -0.2) is 13.8 Å². The number of pyridine rings is 1. The molecule has 17 heavy (non-hydrogen) atoms. The molecule has 0 bridgehead atoms. The second-order valence-electron chi connectivity index (χ2n) is 2.90. The summed E-state index contributed by atoms with van der Waals surface area (Å²) in [6.07, 6.45) is -3.46. The molecule has 0 radical (unpaired) electrons. The summed E-state index contributed by atoms with van der Waals surface area (Å²) in [5, 5.41) is 27.6. The SMILES string of the molecule is N#CCc1cc([N+](=O)[O-])c(C(F)F)nc1C#N. The predicted molar refractivity (Wildman–Crippen MR) is 49.9 cm³/mol. The van der Waals surface area contributed by atoms with Gasteiger partial charge in [0.1, 0.15) is 11.8 Å². The van der Waals surface area contributed by atoms with Gasteiger partial charge in [-0.3, -0.25) is 10.1 Å². The highest BCUT2D eigenvalue weighted by atomic mass is 19.3. The third-order valence-electron chi connectivity index (χ3n) is 1.89. The number of halogens is 2. The van der Waals surface area contributed by atoms with Crippen LogP contribution in [0, 0.1) is 32.8 Å². The summed E-state index contributed by atoms with van der Waals surface area (Å²) >= 11 is 0. The van der Waals surface area contributed by atoms with E-state index in [-0.39, 0.29) is 12.0 Å². The van der Waals surface area contributed by atoms with Gasteiger partial charge in [0.15, 0.2) is 5.69 Å². The van der Waals surface area contributed by atoms with Gasteiger partial charge < -0.3 is 0 Å². The minimum atomic E-state index is -3.15. The summed E-state index contributed by atoms with van der Waals surface area (Å²) in [5.41, 5.74) is -2.38. The van der Waals surface area contributed by atoms with E-state index in [4.69, 9.17) is 10.5 Å². The highest BCUT2D eigenvalue weighted by Crippen LogP contribution is 2.28. The van der Waals surface area contributed by atoms with Crippen molar-refractivity contribution >= 4 is 5.69 Å². The molecule has 1 aromatic rings. The monoisotopic (exact) mass is 238 g/mol. The van der Waals surface area contributed by atoms with Crippen molar-refractivity contribution in [3.05, 3.63) is 33.1 Å². The van der Waals surface area contributed by atoms with Gasteiger partial charge in [-0.2, -0.15) is 10.5 Å². The maximum atomic E-state index is 12.5. The Morgan fingerprint density at radius 1 is 1.53 bits per heavy atom. The fourth-order valence-electron chi connectivity index (χ4n) is 1.18. The molecule has 0 aromatic carbocycles. The molecule has 0 N–H and O–H groups in total. The Balaban J connectivity index is 3.50. The maximum absolute atomic E-state index is 12.5. The molecular formula is C9H4F2N4O2. The van der Waals surface area contributed by atoms with Crippen molar-refractivity contribution in [1.82, 2.24) is 4.98 Å². The lowest BCUT2D eigenvalue weighted by Crippen LogP contribution is -2.04. The Morgan fingerprint density at radius 3 is 2.59 bits per heavy atom. The van der Waals surface area contributed by atoms with E-state index in [1.807, 2.05) is 0 Å². The number of aromatic nitrogens is 1. The van der Waals surface area contributed by atoms with Gasteiger partial charge in [-0.15, -0.1) is 0 Å². The summed E-state index contributed by atoms with van der Waals surface area (Å²) in [6.45, 7) is 0. The molecule has 0 amide bonds. The van der Waals surface area contributed by atoms with Crippen LogP contribution in [0.15, 0.2) is 6.07 Å². The molecule has 0 aliphatic carbocycles. The van der Waals surface area contributed by atoms with Crippen molar-refractivity contribution in [1.29, 1.82) is 10.5 Å². The molecule has 0 fully saturated rings. The van der Waals surface area contributed by atoms with Crippen LogP contribution in [0.4, 0.5) is 14.5 Å². The summed E-state index contributed by atoms with van der Waals surface area (Å²) in [6, 6.07) is 3.98. The Labute approximate surface area is 93.9 Å². The van der Waals surface area contributed by atoms with Crippen LogP contribution in [0.2, 0.25) is 0 Å². The summed E-state index contributed by atoms with van der Waals surface area (Å²) < 4.78 is 25.0. The van der Waals surface area contributed by atoms with E-state index in [2.05, 4.69) is 4.98 Å². The van der Waals surface area contributed by atoms with Gasteiger partial charge in [-0.05, 0) is 0 Å². The fraction of sp³-hybridized carbons (Fsp3) is 0.222. The first-order valence-corrected chi connectivity index (χ1v) is 4.24. The van der Waals surface area contributed by atoms with Gasteiger partial charge in [0.05, 0.1) is 17.4 Å². The Bertz CT molecular complexity index is 545. The fourth-order valence-corrected chi connectivity index (χ4v) is 1.18. The lowest BCUT2D eigenvalue weighted by molar-refractivity contribution is -0.386. The topological polar surface area (TPSA) is 104 Å². The van der Waals surface area contributed by atoms with Gasteiger partial charge in [0.25, 0.3) is 12.1 Å². The van der Waals surface area contributed by atoms with E-state index in [1.165, 1.54) is 6.07 Å². The average Bonchev–Trinajstić information content (AvgIpc) is 2.28. The number of hydrogen-bond acceptors (Lipinski definition) is 5. The standard InChI is InChI=1S/C9H4F2N4O2/c10-9(11)8-7(15(16)17)3-5(1-2-12)6(4-13)14-8/h3,9H,1H2. The average molecular weight is 238 g/mol. The molecule has 0 aliphatic rings. The Morgan fingerprint density at radius 2 is 2.18 bits per heavy atom. The first-order valence-electron chi connectivity index (χ1n) is 4.24. The molecule has 0 saturated heterocycles. The predicted octanol–water partition coefficient (Wildman–Crippen LogP) is 1.87. The number of nitrogens with zero attached hydrogens (tertiary/aromatic N) is 4. The van der Waals surface area contributed by atoms with Gasteiger partial charge in [0.2, 0.25) is 0 Å². The molecule has 0 saturated carbocycles. The highest BCUT2D eigenvalue weighted by Gasteiger charge is 2.26. The first-order chi connectivity index (χ1) is 8.01. The van der Waals surface area contributed by atoms with Crippen LogP contribution in [-0.2, 0) is 6.42 Å². The van der Waals surface area contributed by atoms with Crippen LogP contribution < -0.4 is 0 Å². The summed E-state index contributed by atoms with van der Waals surface area (Å²) in [4.78, 5) is 12.8. The molecule has 0 atom stereocenters. The van der Waals surface area contributed by atoms with Crippen molar-refractivity contribution in [3.8, 4) is 12.1 Å². The lowest BCUT2D eigenvalue weighted by atomic mass is 10.1. The van der Waals surface area contributed by atoms with Gasteiger partial charge in [0, 0.05) is 11.6 Å². The molecule has 0 aliphatic heterocycles. The number of hydrogen-bond donors (Lipinski definition) is 0. The number of nitriles is 2. The van der Waals surface area contributed by atoms with Crippen molar-refractivity contribution in [3.63, 3.8) is 0 Å². The smallest absolute Gasteiger partial charge is 0.258 e. The molecule has 8 heteroatoms. The normalized spacial score (nSPS) is 9.71. The zero-order valence-electron chi connectivity index (χ0n) is 8.22. The summed E-state index contributed by atoms with van der Waals surface area (Å²) in [5.74, 6) is 0. The number of rotatable bonds is 3.